The summed E-state index contributed by atoms with van der Waals surface area (Å²) < 4.78 is 6.57. The van der Waals surface area contributed by atoms with E-state index in [9.17, 15) is 14.7 Å². The molecule has 1 aromatic carbocycles. The van der Waals surface area contributed by atoms with Crippen LogP contribution in [-0.4, -0.2) is 83.4 Å². The van der Waals surface area contributed by atoms with Crippen LogP contribution in [0.3, 0.4) is 0 Å². The number of methoxy groups -OCH3 is 1. The number of benzene rings is 1. The van der Waals surface area contributed by atoms with Crippen molar-refractivity contribution in [1.82, 2.24) is 19.4 Å². The zero-order chi connectivity index (χ0) is 26.0. The highest BCUT2D eigenvalue weighted by Gasteiger charge is 2.22. The summed E-state index contributed by atoms with van der Waals surface area (Å²) in [6.45, 7) is 1.37. The maximum atomic E-state index is 13.0. The predicted octanol–water partition coefficient (Wildman–Crippen LogP) is 3.86. The van der Waals surface area contributed by atoms with Gasteiger partial charge in [-0.15, -0.1) is 11.3 Å². The van der Waals surface area contributed by atoms with Crippen LogP contribution in [-0.2, 0) is 11.8 Å². The Hall–Kier alpha value is -3.89. The van der Waals surface area contributed by atoms with Crippen molar-refractivity contribution in [2.75, 3.05) is 41.3 Å². The second kappa shape index (κ2) is 10.4. The predicted molar refractivity (Wildman–Crippen MR) is 142 cm³/mol. The van der Waals surface area contributed by atoms with Crippen LogP contribution in [0.5, 0.6) is 5.88 Å². The van der Waals surface area contributed by atoms with Crippen molar-refractivity contribution < 1.29 is 19.4 Å². The summed E-state index contributed by atoms with van der Waals surface area (Å²) >= 11 is 1.49. The van der Waals surface area contributed by atoms with Crippen LogP contribution < -0.4 is 0 Å². The number of thiophene rings is 1. The van der Waals surface area contributed by atoms with E-state index in [0.29, 0.717) is 45.7 Å². The van der Waals surface area contributed by atoms with E-state index in [1.54, 1.807) is 47.0 Å². The molecule has 9 nitrogen and oxygen atoms in total. The van der Waals surface area contributed by atoms with Gasteiger partial charge in [-0.1, -0.05) is 12.1 Å². The number of hydrogen-bond donors (Lipinski definition) is 2. The number of carbonyl (C=O) groups is 2. The number of aromatic amines is 1. The van der Waals surface area contributed by atoms with Crippen LogP contribution in [0.1, 0.15) is 31.3 Å². The number of esters is 1. The minimum absolute atomic E-state index is 0.0604. The summed E-state index contributed by atoms with van der Waals surface area (Å²) in [4.78, 5) is 37.4. The molecule has 0 saturated carbocycles. The minimum atomic E-state index is -0.461. The standard InChI is InChI=1S/C26H29N5O4S/c1-29(2)10-11-30(3)25(33)20-14-17(15-31(20)4)27-23(21-7-6-12-36-21)22-18-9-8-16(26(34)35-5)13-19(18)28-24(22)32/h6-9,12-15,28,32H,10-11H2,1-5H3. The lowest BCUT2D eigenvalue weighted by molar-refractivity contribution is 0.0600. The van der Waals surface area contributed by atoms with E-state index < -0.39 is 5.97 Å². The number of hydrogen-bond acceptors (Lipinski definition) is 7. The first-order valence-corrected chi connectivity index (χ1v) is 12.2. The molecule has 3 heterocycles. The first-order valence-electron chi connectivity index (χ1n) is 11.3. The Kier molecular flexibility index (Phi) is 7.27. The highest BCUT2D eigenvalue weighted by atomic mass is 32.1. The smallest absolute Gasteiger partial charge is 0.337 e. The number of aliphatic imine (C=N–C) groups is 1. The molecule has 188 valence electrons. The molecule has 1 amide bonds. The molecule has 10 heteroatoms. The van der Waals surface area contributed by atoms with E-state index in [1.807, 2.05) is 43.6 Å². The lowest BCUT2D eigenvalue weighted by Crippen LogP contribution is -2.34. The molecular formula is C26H29N5O4S. The largest absolute Gasteiger partial charge is 0.494 e. The average Bonchev–Trinajstić information content (AvgIpc) is 3.58. The molecule has 3 aromatic heterocycles. The number of aryl methyl sites for hydroxylation is 1. The second-order valence-corrected chi connectivity index (χ2v) is 9.71. The van der Waals surface area contributed by atoms with Gasteiger partial charge in [0.25, 0.3) is 5.91 Å². The number of ether oxygens (including phenoxy) is 1. The van der Waals surface area contributed by atoms with Crippen LogP contribution in [0.2, 0.25) is 0 Å². The monoisotopic (exact) mass is 507 g/mol. The van der Waals surface area contributed by atoms with Crippen molar-refractivity contribution in [3.8, 4) is 5.88 Å². The third-order valence-electron chi connectivity index (χ3n) is 5.87. The molecule has 0 aliphatic carbocycles. The number of amides is 1. The topological polar surface area (TPSA) is 103 Å². The Bertz CT molecular complexity index is 1430. The molecule has 4 rings (SSSR count). The van der Waals surface area contributed by atoms with E-state index >= 15 is 0 Å². The van der Waals surface area contributed by atoms with Gasteiger partial charge in [-0.2, -0.15) is 0 Å². The zero-order valence-corrected chi connectivity index (χ0v) is 21.7. The molecule has 0 bridgehead atoms. The van der Waals surface area contributed by atoms with Gasteiger partial charge in [-0.05, 0) is 43.7 Å². The van der Waals surface area contributed by atoms with Crippen molar-refractivity contribution in [3.05, 3.63) is 69.7 Å². The van der Waals surface area contributed by atoms with Gasteiger partial charge in [0.1, 0.15) is 5.69 Å². The Morgan fingerprint density at radius 2 is 1.94 bits per heavy atom. The molecule has 0 atom stereocenters. The van der Waals surface area contributed by atoms with Crippen molar-refractivity contribution in [2.45, 2.75) is 0 Å². The average molecular weight is 508 g/mol. The fourth-order valence-electron chi connectivity index (χ4n) is 3.91. The molecule has 0 spiro atoms. The van der Waals surface area contributed by atoms with Gasteiger partial charge in [0.2, 0.25) is 0 Å². The zero-order valence-electron chi connectivity index (χ0n) is 20.9. The second-order valence-electron chi connectivity index (χ2n) is 8.76. The number of rotatable bonds is 8. The van der Waals surface area contributed by atoms with E-state index in [-0.39, 0.29) is 11.8 Å². The van der Waals surface area contributed by atoms with Crippen molar-refractivity contribution in [3.63, 3.8) is 0 Å². The number of nitrogens with zero attached hydrogens (tertiary/aromatic N) is 4. The Labute approximate surface area is 213 Å². The van der Waals surface area contributed by atoms with Crippen molar-refractivity contribution >= 4 is 45.5 Å². The van der Waals surface area contributed by atoms with E-state index in [1.165, 1.54) is 18.4 Å². The molecule has 4 aromatic rings. The van der Waals surface area contributed by atoms with Crippen LogP contribution in [0.4, 0.5) is 5.69 Å². The highest BCUT2D eigenvalue weighted by molar-refractivity contribution is 7.12. The number of nitrogens with one attached hydrogen (secondary N) is 1. The van der Waals surface area contributed by atoms with Gasteiger partial charge in [-0.3, -0.25) is 4.79 Å². The number of fused-ring (bicyclic) bond motifs is 1. The van der Waals surface area contributed by atoms with Crippen LogP contribution in [0.25, 0.3) is 10.9 Å². The lowest BCUT2D eigenvalue weighted by atomic mass is 10.0. The first-order chi connectivity index (χ1) is 17.2. The van der Waals surface area contributed by atoms with Gasteiger partial charge >= 0.3 is 5.97 Å². The molecule has 0 radical (unpaired) electrons. The molecule has 0 aliphatic heterocycles. The lowest BCUT2D eigenvalue weighted by Gasteiger charge is -2.19. The van der Waals surface area contributed by atoms with Crippen LogP contribution >= 0.6 is 11.3 Å². The van der Waals surface area contributed by atoms with Gasteiger partial charge < -0.3 is 29.2 Å². The first kappa shape index (κ1) is 25.2. The summed E-state index contributed by atoms with van der Waals surface area (Å²) in [6, 6.07) is 10.6. The summed E-state index contributed by atoms with van der Waals surface area (Å²) in [7, 11) is 8.86. The van der Waals surface area contributed by atoms with Gasteiger partial charge in [0.05, 0.1) is 34.5 Å². The molecular weight excluding hydrogens is 478 g/mol. The number of aromatic hydroxyl groups is 1. The number of carbonyl (C=O) groups excluding carboxylic acids is 2. The molecule has 0 saturated heterocycles. The quantitative estimate of drug-likeness (QED) is 0.278. The third kappa shape index (κ3) is 5.05. The normalized spacial score (nSPS) is 11.9. The molecule has 0 fully saturated rings. The fraction of sp³-hybridized carbons (Fsp3) is 0.269. The van der Waals surface area contributed by atoms with Crippen molar-refractivity contribution in [2.24, 2.45) is 12.0 Å². The maximum Gasteiger partial charge on any atom is 0.337 e. The molecule has 2 N–H and O–H groups in total. The minimum Gasteiger partial charge on any atom is -0.494 e. The summed E-state index contributed by atoms with van der Waals surface area (Å²) in [5.41, 5.74) is 3.14. The molecule has 36 heavy (non-hydrogen) atoms. The van der Waals surface area contributed by atoms with E-state index in [2.05, 4.69) is 4.98 Å². The maximum absolute atomic E-state index is 13.0. The summed E-state index contributed by atoms with van der Waals surface area (Å²) in [5.74, 6) is -0.615. The van der Waals surface area contributed by atoms with Crippen molar-refractivity contribution in [1.29, 1.82) is 0 Å². The molecule has 0 aliphatic rings. The Morgan fingerprint density at radius 1 is 1.17 bits per heavy atom. The Balaban J connectivity index is 1.77. The molecule has 0 unspecified atom stereocenters. The third-order valence-corrected chi connectivity index (χ3v) is 6.75. The fourth-order valence-corrected chi connectivity index (χ4v) is 4.63. The van der Waals surface area contributed by atoms with E-state index in [0.717, 1.165) is 11.4 Å². The van der Waals surface area contributed by atoms with Crippen LogP contribution in [0.15, 0.2) is 53.0 Å². The van der Waals surface area contributed by atoms with Gasteiger partial charge in [0.15, 0.2) is 5.88 Å². The Morgan fingerprint density at radius 3 is 2.61 bits per heavy atom. The summed E-state index contributed by atoms with van der Waals surface area (Å²) in [5, 5.41) is 13.5. The number of aromatic nitrogens is 2. The highest BCUT2D eigenvalue weighted by Crippen LogP contribution is 2.33. The number of likely N-dealkylation sites (N-methyl/N-ethyl adjacent to an activating group) is 2. The van der Waals surface area contributed by atoms with Gasteiger partial charge in [-0.25, -0.2) is 9.79 Å². The van der Waals surface area contributed by atoms with Gasteiger partial charge in [0, 0.05) is 44.3 Å². The number of H-pyrrole nitrogens is 1. The van der Waals surface area contributed by atoms with E-state index in [4.69, 9.17) is 9.73 Å². The summed E-state index contributed by atoms with van der Waals surface area (Å²) in [6.07, 6.45) is 1.79. The van der Waals surface area contributed by atoms with Crippen LogP contribution in [0, 0.1) is 0 Å². The SMILES string of the molecule is COC(=O)c1ccc2c(C(=Nc3cc(C(=O)N(C)CCN(C)C)n(C)c3)c3cccs3)c(O)[nH]c2c1.